The second kappa shape index (κ2) is 4.07. The molecule has 1 aliphatic carbocycles. The van der Waals surface area contributed by atoms with Crippen LogP contribution < -0.4 is 0 Å². The van der Waals surface area contributed by atoms with Crippen molar-refractivity contribution in [2.24, 2.45) is 0 Å². The molecule has 0 atom stereocenters. The summed E-state index contributed by atoms with van der Waals surface area (Å²) in [6.45, 7) is 4.30. The van der Waals surface area contributed by atoms with Gasteiger partial charge in [0, 0.05) is 17.8 Å². The molecule has 2 heteroatoms. The molecular weight excluding hydrogens is 172 g/mol. The second-order valence-corrected chi connectivity index (χ2v) is 4.42. The SMILES string of the molecule is CC(C)c1ncc2c(n1)CCCCC2. The van der Waals surface area contributed by atoms with Gasteiger partial charge in [-0.05, 0) is 31.2 Å². The Morgan fingerprint density at radius 3 is 2.71 bits per heavy atom. The van der Waals surface area contributed by atoms with Gasteiger partial charge in [0.05, 0.1) is 0 Å². The molecule has 0 aliphatic heterocycles. The highest BCUT2D eigenvalue weighted by Gasteiger charge is 2.11. The Morgan fingerprint density at radius 2 is 1.93 bits per heavy atom. The highest BCUT2D eigenvalue weighted by molar-refractivity contribution is 5.20. The van der Waals surface area contributed by atoms with Crippen molar-refractivity contribution in [2.75, 3.05) is 0 Å². The van der Waals surface area contributed by atoms with Crippen molar-refractivity contribution in [3.63, 3.8) is 0 Å². The smallest absolute Gasteiger partial charge is 0.131 e. The lowest BCUT2D eigenvalue weighted by molar-refractivity contribution is 0.705. The van der Waals surface area contributed by atoms with E-state index < -0.39 is 0 Å². The third-order valence-corrected chi connectivity index (χ3v) is 2.85. The summed E-state index contributed by atoms with van der Waals surface area (Å²) in [5, 5.41) is 0. The molecule has 0 fully saturated rings. The van der Waals surface area contributed by atoms with Crippen molar-refractivity contribution in [3.05, 3.63) is 23.3 Å². The van der Waals surface area contributed by atoms with E-state index in [9.17, 15) is 0 Å². The molecule has 0 amide bonds. The molecule has 0 saturated heterocycles. The molecular formula is C12H18N2. The molecule has 1 heterocycles. The molecule has 0 N–H and O–H groups in total. The molecule has 76 valence electrons. The Balaban J connectivity index is 2.32. The van der Waals surface area contributed by atoms with Crippen LogP contribution in [0.25, 0.3) is 0 Å². The largest absolute Gasteiger partial charge is 0.241 e. The van der Waals surface area contributed by atoms with Crippen molar-refractivity contribution in [1.82, 2.24) is 9.97 Å². The summed E-state index contributed by atoms with van der Waals surface area (Å²) in [4.78, 5) is 9.08. The molecule has 0 aromatic carbocycles. The summed E-state index contributed by atoms with van der Waals surface area (Å²) in [6, 6.07) is 0. The maximum absolute atomic E-state index is 4.66. The first-order valence-electron chi connectivity index (χ1n) is 5.62. The van der Waals surface area contributed by atoms with Crippen LogP contribution in [0.5, 0.6) is 0 Å². The number of aryl methyl sites for hydroxylation is 2. The van der Waals surface area contributed by atoms with E-state index in [1.807, 2.05) is 6.20 Å². The zero-order valence-corrected chi connectivity index (χ0v) is 9.08. The Hall–Kier alpha value is -0.920. The number of fused-ring (bicyclic) bond motifs is 1. The molecule has 0 radical (unpaired) electrons. The summed E-state index contributed by atoms with van der Waals surface area (Å²) in [7, 11) is 0. The Kier molecular flexibility index (Phi) is 2.80. The summed E-state index contributed by atoms with van der Waals surface area (Å²) in [5.74, 6) is 1.45. The second-order valence-electron chi connectivity index (χ2n) is 4.42. The summed E-state index contributed by atoms with van der Waals surface area (Å²) in [5.41, 5.74) is 2.69. The number of hydrogen-bond donors (Lipinski definition) is 0. The molecule has 1 aliphatic rings. The molecule has 0 unspecified atom stereocenters. The predicted octanol–water partition coefficient (Wildman–Crippen LogP) is 2.87. The zero-order valence-electron chi connectivity index (χ0n) is 9.08. The van der Waals surface area contributed by atoms with Crippen LogP contribution in [0.15, 0.2) is 6.20 Å². The van der Waals surface area contributed by atoms with Gasteiger partial charge in [-0.3, -0.25) is 0 Å². The van der Waals surface area contributed by atoms with E-state index in [-0.39, 0.29) is 0 Å². The average Bonchev–Trinajstić information content (AvgIpc) is 2.41. The van der Waals surface area contributed by atoms with Gasteiger partial charge >= 0.3 is 0 Å². The van der Waals surface area contributed by atoms with Crippen LogP contribution in [0.3, 0.4) is 0 Å². The quantitative estimate of drug-likeness (QED) is 0.636. The standard InChI is InChI=1S/C12H18N2/c1-9(2)12-13-8-10-6-4-3-5-7-11(10)14-12/h8-9H,3-7H2,1-2H3. The Morgan fingerprint density at radius 1 is 1.14 bits per heavy atom. The van der Waals surface area contributed by atoms with Crippen molar-refractivity contribution in [3.8, 4) is 0 Å². The topological polar surface area (TPSA) is 25.8 Å². The van der Waals surface area contributed by atoms with Gasteiger partial charge in [0.1, 0.15) is 5.82 Å². The van der Waals surface area contributed by atoms with Crippen molar-refractivity contribution in [2.45, 2.75) is 51.9 Å². The third-order valence-electron chi connectivity index (χ3n) is 2.85. The van der Waals surface area contributed by atoms with Gasteiger partial charge in [0.15, 0.2) is 0 Å². The third kappa shape index (κ3) is 1.94. The summed E-state index contributed by atoms with van der Waals surface area (Å²) >= 11 is 0. The van der Waals surface area contributed by atoms with E-state index in [0.717, 1.165) is 12.2 Å². The Labute approximate surface area is 85.8 Å². The first-order valence-corrected chi connectivity index (χ1v) is 5.62. The maximum Gasteiger partial charge on any atom is 0.131 e. The van der Waals surface area contributed by atoms with E-state index in [0.29, 0.717) is 5.92 Å². The van der Waals surface area contributed by atoms with Crippen molar-refractivity contribution >= 4 is 0 Å². The fourth-order valence-corrected chi connectivity index (χ4v) is 1.95. The molecule has 14 heavy (non-hydrogen) atoms. The highest BCUT2D eigenvalue weighted by atomic mass is 14.9. The number of hydrogen-bond acceptors (Lipinski definition) is 2. The van der Waals surface area contributed by atoms with Gasteiger partial charge < -0.3 is 0 Å². The number of nitrogens with zero attached hydrogens (tertiary/aromatic N) is 2. The van der Waals surface area contributed by atoms with E-state index in [4.69, 9.17) is 0 Å². The van der Waals surface area contributed by atoms with E-state index in [2.05, 4.69) is 23.8 Å². The molecule has 0 saturated carbocycles. The number of rotatable bonds is 1. The minimum atomic E-state index is 0.448. The van der Waals surface area contributed by atoms with Crippen LogP contribution in [0, 0.1) is 0 Å². The normalized spacial score (nSPS) is 16.5. The molecule has 2 rings (SSSR count). The van der Waals surface area contributed by atoms with Gasteiger partial charge in [-0.25, -0.2) is 9.97 Å². The van der Waals surface area contributed by atoms with E-state index >= 15 is 0 Å². The fourth-order valence-electron chi connectivity index (χ4n) is 1.95. The molecule has 1 aromatic heterocycles. The predicted molar refractivity (Wildman–Crippen MR) is 57.4 cm³/mol. The molecule has 1 aromatic rings. The molecule has 0 spiro atoms. The van der Waals surface area contributed by atoms with Crippen LogP contribution in [0.1, 0.15) is 56.1 Å². The first kappa shape index (κ1) is 9.63. The van der Waals surface area contributed by atoms with Gasteiger partial charge in [-0.1, -0.05) is 20.3 Å². The first-order chi connectivity index (χ1) is 6.77. The van der Waals surface area contributed by atoms with Gasteiger partial charge in [-0.15, -0.1) is 0 Å². The van der Waals surface area contributed by atoms with E-state index in [1.165, 1.54) is 36.9 Å². The fraction of sp³-hybridized carbons (Fsp3) is 0.667. The van der Waals surface area contributed by atoms with Crippen molar-refractivity contribution < 1.29 is 0 Å². The summed E-state index contributed by atoms with van der Waals surface area (Å²) < 4.78 is 0. The average molecular weight is 190 g/mol. The van der Waals surface area contributed by atoms with Gasteiger partial charge in [0.25, 0.3) is 0 Å². The lowest BCUT2D eigenvalue weighted by Crippen LogP contribution is -2.04. The van der Waals surface area contributed by atoms with Crippen molar-refractivity contribution in [1.29, 1.82) is 0 Å². The lowest BCUT2D eigenvalue weighted by atomic mass is 10.1. The zero-order chi connectivity index (χ0) is 9.97. The van der Waals surface area contributed by atoms with Gasteiger partial charge in [0.2, 0.25) is 0 Å². The summed E-state index contributed by atoms with van der Waals surface area (Å²) in [6.07, 6.45) is 8.31. The monoisotopic (exact) mass is 190 g/mol. The van der Waals surface area contributed by atoms with Crippen LogP contribution in [-0.4, -0.2) is 9.97 Å². The molecule has 2 nitrogen and oxygen atoms in total. The minimum absolute atomic E-state index is 0.448. The van der Waals surface area contributed by atoms with Crippen LogP contribution in [-0.2, 0) is 12.8 Å². The number of aromatic nitrogens is 2. The van der Waals surface area contributed by atoms with Crippen LogP contribution in [0.4, 0.5) is 0 Å². The van der Waals surface area contributed by atoms with Crippen LogP contribution >= 0.6 is 0 Å². The minimum Gasteiger partial charge on any atom is -0.241 e. The maximum atomic E-state index is 4.66. The highest BCUT2D eigenvalue weighted by Crippen LogP contribution is 2.19. The van der Waals surface area contributed by atoms with Crippen LogP contribution in [0.2, 0.25) is 0 Å². The van der Waals surface area contributed by atoms with E-state index in [1.54, 1.807) is 0 Å². The van der Waals surface area contributed by atoms with Gasteiger partial charge in [-0.2, -0.15) is 0 Å². The Bertz CT molecular complexity index is 318. The molecule has 0 bridgehead atoms. The lowest BCUT2D eigenvalue weighted by Gasteiger charge is -2.08.